The molecule has 0 aliphatic rings. The Labute approximate surface area is 125 Å². The number of nitrogens with one attached hydrogen (secondary N) is 1. The minimum absolute atomic E-state index is 0.577. The molecule has 0 radical (unpaired) electrons. The fraction of sp³-hybridized carbons (Fsp3) is 0.400. The number of anilines is 2. The lowest BCUT2D eigenvalue weighted by molar-refractivity contribution is 0.340. The first-order chi connectivity index (χ1) is 10.1. The van der Waals surface area contributed by atoms with Crippen LogP contribution in [-0.4, -0.2) is 42.2 Å². The fourth-order valence-electron chi connectivity index (χ4n) is 1.82. The van der Waals surface area contributed by atoms with Crippen molar-refractivity contribution in [2.45, 2.75) is 13.8 Å². The highest BCUT2D eigenvalue weighted by molar-refractivity contribution is 5.60. The van der Waals surface area contributed by atoms with Crippen LogP contribution >= 0.6 is 0 Å². The smallest absolute Gasteiger partial charge is 0.230 e. The molecule has 0 aliphatic carbocycles. The van der Waals surface area contributed by atoms with Crippen molar-refractivity contribution in [1.82, 2.24) is 15.0 Å². The zero-order chi connectivity index (χ0) is 15.2. The van der Waals surface area contributed by atoms with E-state index in [2.05, 4.69) is 20.3 Å². The van der Waals surface area contributed by atoms with Crippen molar-refractivity contribution in [1.29, 1.82) is 0 Å². The van der Waals surface area contributed by atoms with Crippen molar-refractivity contribution in [2.24, 2.45) is 0 Å². The molecular formula is C15H21N5O. The number of hydrogen-bond donors (Lipinski definition) is 1. The van der Waals surface area contributed by atoms with Crippen molar-refractivity contribution < 1.29 is 4.74 Å². The van der Waals surface area contributed by atoms with E-state index in [0.29, 0.717) is 24.3 Å². The summed E-state index contributed by atoms with van der Waals surface area (Å²) in [6.45, 7) is 5.36. The van der Waals surface area contributed by atoms with Gasteiger partial charge in [-0.3, -0.25) is 0 Å². The molecular weight excluding hydrogens is 266 g/mol. The minimum atomic E-state index is 0.577. The first-order valence-corrected chi connectivity index (χ1v) is 7.04. The summed E-state index contributed by atoms with van der Waals surface area (Å²) >= 11 is 0. The van der Waals surface area contributed by atoms with Crippen LogP contribution in [0.3, 0.4) is 0 Å². The average molecular weight is 287 g/mol. The lowest BCUT2D eigenvalue weighted by Gasteiger charge is -2.13. The summed E-state index contributed by atoms with van der Waals surface area (Å²) in [5, 5.41) is 3.13. The third kappa shape index (κ3) is 3.81. The van der Waals surface area contributed by atoms with Crippen molar-refractivity contribution >= 4 is 11.9 Å². The van der Waals surface area contributed by atoms with E-state index in [1.54, 1.807) is 0 Å². The Balaban J connectivity index is 2.44. The standard InChI is InChI=1S/C15H21N5O/c1-5-16-14-17-13(18-15(19-14)20(3)4)11-8-7-9-12(10-11)21-6-2/h7-10H,5-6H2,1-4H3,(H,16,17,18,19). The SMILES string of the molecule is CCNc1nc(-c2cccc(OCC)c2)nc(N(C)C)n1. The van der Waals surface area contributed by atoms with Crippen LogP contribution < -0.4 is 15.0 Å². The van der Waals surface area contributed by atoms with Gasteiger partial charge >= 0.3 is 0 Å². The Morgan fingerprint density at radius 1 is 1.14 bits per heavy atom. The van der Waals surface area contributed by atoms with Crippen LogP contribution in [0, 0.1) is 0 Å². The average Bonchev–Trinajstić information content (AvgIpc) is 2.48. The van der Waals surface area contributed by atoms with Crippen LogP contribution in [0.5, 0.6) is 5.75 Å². The molecule has 1 aromatic carbocycles. The van der Waals surface area contributed by atoms with E-state index in [-0.39, 0.29) is 0 Å². The maximum absolute atomic E-state index is 5.53. The van der Waals surface area contributed by atoms with E-state index in [0.717, 1.165) is 17.9 Å². The predicted octanol–water partition coefficient (Wildman–Crippen LogP) is 2.44. The van der Waals surface area contributed by atoms with Gasteiger partial charge in [-0.25, -0.2) is 0 Å². The zero-order valence-corrected chi connectivity index (χ0v) is 12.9. The molecule has 1 heterocycles. The van der Waals surface area contributed by atoms with Crippen LogP contribution in [0.15, 0.2) is 24.3 Å². The van der Waals surface area contributed by atoms with Crippen molar-refractivity contribution in [3.8, 4) is 17.1 Å². The van der Waals surface area contributed by atoms with Crippen LogP contribution in [-0.2, 0) is 0 Å². The van der Waals surface area contributed by atoms with Crippen LogP contribution in [0.4, 0.5) is 11.9 Å². The van der Waals surface area contributed by atoms with E-state index in [1.807, 2.05) is 57.1 Å². The quantitative estimate of drug-likeness (QED) is 0.880. The maximum Gasteiger partial charge on any atom is 0.230 e. The normalized spacial score (nSPS) is 10.3. The molecule has 1 N–H and O–H groups in total. The summed E-state index contributed by atoms with van der Waals surface area (Å²) in [6.07, 6.45) is 0. The molecule has 0 saturated carbocycles. The molecule has 0 fully saturated rings. The van der Waals surface area contributed by atoms with Gasteiger partial charge in [-0.1, -0.05) is 12.1 Å². The van der Waals surface area contributed by atoms with Gasteiger partial charge in [0.15, 0.2) is 5.82 Å². The minimum Gasteiger partial charge on any atom is -0.494 e. The molecule has 0 unspecified atom stereocenters. The van der Waals surface area contributed by atoms with Crippen molar-refractivity contribution in [2.75, 3.05) is 37.5 Å². The highest BCUT2D eigenvalue weighted by atomic mass is 16.5. The lowest BCUT2D eigenvalue weighted by atomic mass is 10.2. The van der Waals surface area contributed by atoms with Gasteiger partial charge in [0.1, 0.15) is 5.75 Å². The summed E-state index contributed by atoms with van der Waals surface area (Å²) in [5.41, 5.74) is 0.908. The highest BCUT2D eigenvalue weighted by Crippen LogP contribution is 2.23. The Hall–Kier alpha value is -2.37. The number of hydrogen-bond acceptors (Lipinski definition) is 6. The number of benzene rings is 1. The second-order valence-electron chi connectivity index (χ2n) is 4.67. The van der Waals surface area contributed by atoms with E-state index in [9.17, 15) is 0 Å². The zero-order valence-electron chi connectivity index (χ0n) is 12.9. The molecule has 21 heavy (non-hydrogen) atoms. The van der Waals surface area contributed by atoms with Crippen LogP contribution in [0.1, 0.15) is 13.8 Å². The van der Waals surface area contributed by atoms with Crippen molar-refractivity contribution in [3.63, 3.8) is 0 Å². The second-order valence-corrected chi connectivity index (χ2v) is 4.67. The highest BCUT2D eigenvalue weighted by Gasteiger charge is 2.10. The van der Waals surface area contributed by atoms with E-state index < -0.39 is 0 Å². The first kappa shape index (κ1) is 15.0. The summed E-state index contributed by atoms with van der Waals surface area (Å²) in [4.78, 5) is 15.2. The summed E-state index contributed by atoms with van der Waals surface area (Å²) < 4.78 is 5.53. The van der Waals surface area contributed by atoms with Gasteiger partial charge < -0.3 is 15.0 Å². The topological polar surface area (TPSA) is 63.2 Å². The molecule has 0 aliphatic heterocycles. The Kier molecular flexibility index (Phi) is 4.92. The second kappa shape index (κ2) is 6.88. The van der Waals surface area contributed by atoms with Gasteiger partial charge in [0.2, 0.25) is 11.9 Å². The third-order valence-corrected chi connectivity index (χ3v) is 2.76. The predicted molar refractivity (Wildman–Crippen MR) is 84.9 cm³/mol. The molecule has 0 atom stereocenters. The molecule has 6 heteroatoms. The molecule has 112 valence electrons. The molecule has 0 amide bonds. The summed E-state index contributed by atoms with van der Waals surface area (Å²) in [5.74, 6) is 2.64. The van der Waals surface area contributed by atoms with Gasteiger partial charge in [-0.15, -0.1) is 0 Å². The van der Waals surface area contributed by atoms with E-state index in [4.69, 9.17) is 4.74 Å². The van der Waals surface area contributed by atoms with Crippen LogP contribution in [0.25, 0.3) is 11.4 Å². The molecule has 0 saturated heterocycles. The first-order valence-electron chi connectivity index (χ1n) is 7.04. The van der Waals surface area contributed by atoms with Gasteiger partial charge in [0.25, 0.3) is 0 Å². The molecule has 0 spiro atoms. The molecule has 6 nitrogen and oxygen atoms in total. The number of aromatic nitrogens is 3. The van der Waals surface area contributed by atoms with E-state index in [1.165, 1.54) is 0 Å². The van der Waals surface area contributed by atoms with Gasteiger partial charge in [-0.05, 0) is 26.0 Å². The van der Waals surface area contributed by atoms with E-state index >= 15 is 0 Å². The van der Waals surface area contributed by atoms with Gasteiger partial charge in [0.05, 0.1) is 6.61 Å². The number of nitrogens with zero attached hydrogens (tertiary/aromatic N) is 4. The Bertz CT molecular complexity index is 600. The van der Waals surface area contributed by atoms with Crippen molar-refractivity contribution in [3.05, 3.63) is 24.3 Å². The summed E-state index contributed by atoms with van der Waals surface area (Å²) in [6, 6.07) is 7.76. The van der Waals surface area contributed by atoms with Gasteiger partial charge in [0, 0.05) is 26.2 Å². The Morgan fingerprint density at radius 3 is 2.62 bits per heavy atom. The number of rotatable bonds is 6. The molecule has 2 rings (SSSR count). The summed E-state index contributed by atoms with van der Waals surface area (Å²) in [7, 11) is 3.82. The third-order valence-electron chi connectivity index (χ3n) is 2.76. The monoisotopic (exact) mass is 287 g/mol. The fourth-order valence-corrected chi connectivity index (χ4v) is 1.82. The van der Waals surface area contributed by atoms with Crippen LogP contribution in [0.2, 0.25) is 0 Å². The molecule has 2 aromatic rings. The Morgan fingerprint density at radius 2 is 1.95 bits per heavy atom. The largest absolute Gasteiger partial charge is 0.494 e. The number of ether oxygens (including phenoxy) is 1. The lowest BCUT2D eigenvalue weighted by Crippen LogP contribution is -2.15. The molecule has 0 bridgehead atoms. The van der Waals surface area contributed by atoms with Gasteiger partial charge in [-0.2, -0.15) is 15.0 Å². The maximum atomic E-state index is 5.53. The molecule has 1 aromatic heterocycles.